The number of hydrogen-bond donors (Lipinski definition) is 0. The Morgan fingerprint density at radius 3 is 2.50 bits per heavy atom. The number of carbonyl (C=O) groups is 1. The number of halogens is 1. The van der Waals surface area contributed by atoms with Crippen molar-refractivity contribution in [1.82, 2.24) is 0 Å². The molecular formula is C13H17BrO3S. The second-order valence-electron chi connectivity index (χ2n) is 3.95. The van der Waals surface area contributed by atoms with Crippen LogP contribution >= 0.6 is 27.7 Å². The third kappa shape index (κ3) is 3.65. The van der Waals surface area contributed by atoms with Crippen molar-refractivity contribution in [3.05, 3.63) is 22.2 Å². The lowest BCUT2D eigenvalue weighted by molar-refractivity contribution is 0.101. The standard InChI is InChI=1S/C13H17BrO3S/c1-8(2)18-7-10(15)9-5-6-11(16-3)12(14)13(9)17-4/h5-6,8H,7H2,1-4H3. The molecule has 0 N–H and O–H groups in total. The van der Waals surface area contributed by atoms with Gasteiger partial charge in [-0.05, 0) is 33.3 Å². The van der Waals surface area contributed by atoms with E-state index in [-0.39, 0.29) is 5.78 Å². The van der Waals surface area contributed by atoms with E-state index in [1.807, 2.05) is 0 Å². The predicted molar refractivity (Wildman–Crippen MR) is 79.2 cm³/mol. The molecule has 0 amide bonds. The van der Waals surface area contributed by atoms with Crippen LogP contribution in [0, 0.1) is 0 Å². The zero-order chi connectivity index (χ0) is 13.7. The lowest BCUT2D eigenvalue weighted by Gasteiger charge is -2.13. The highest BCUT2D eigenvalue weighted by atomic mass is 79.9. The Morgan fingerprint density at radius 1 is 1.33 bits per heavy atom. The first-order valence-corrected chi connectivity index (χ1v) is 7.40. The number of hydrogen-bond acceptors (Lipinski definition) is 4. The molecule has 100 valence electrons. The quantitative estimate of drug-likeness (QED) is 0.742. The van der Waals surface area contributed by atoms with Crippen molar-refractivity contribution in [2.75, 3.05) is 20.0 Å². The van der Waals surface area contributed by atoms with Gasteiger partial charge < -0.3 is 9.47 Å². The van der Waals surface area contributed by atoms with Gasteiger partial charge in [-0.2, -0.15) is 11.8 Å². The maximum atomic E-state index is 12.1. The van der Waals surface area contributed by atoms with Gasteiger partial charge in [-0.25, -0.2) is 0 Å². The van der Waals surface area contributed by atoms with Crippen molar-refractivity contribution in [3.63, 3.8) is 0 Å². The van der Waals surface area contributed by atoms with Gasteiger partial charge in [-0.1, -0.05) is 13.8 Å². The molecule has 0 fully saturated rings. The minimum absolute atomic E-state index is 0.0638. The first kappa shape index (κ1) is 15.4. The van der Waals surface area contributed by atoms with Gasteiger partial charge in [0, 0.05) is 0 Å². The summed E-state index contributed by atoms with van der Waals surface area (Å²) in [5, 5.41) is 0.432. The number of benzene rings is 1. The molecule has 0 saturated heterocycles. The molecule has 0 heterocycles. The van der Waals surface area contributed by atoms with Crippen LogP contribution in [-0.2, 0) is 0 Å². The molecule has 5 heteroatoms. The summed E-state index contributed by atoms with van der Waals surface area (Å²) in [7, 11) is 3.13. The largest absolute Gasteiger partial charge is 0.495 e. The summed E-state index contributed by atoms with van der Waals surface area (Å²) in [4.78, 5) is 12.1. The normalized spacial score (nSPS) is 10.6. The Morgan fingerprint density at radius 2 is 2.00 bits per heavy atom. The molecular weight excluding hydrogens is 316 g/mol. The molecule has 0 saturated carbocycles. The van der Waals surface area contributed by atoms with Crippen LogP contribution in [0.3, 0.4) is 0 Å². The van der Waals surface area contributed by atoms with Crippen LogP contribution in [0.4, 0.5) is 0 Å². The Balaban J connectivity index is 3.02. The Hall–Kier alpha value is -0.680. The minimum Gasteiger partial charge on any atom is -0.495 e. The monoisotopic (exact) mass is 332 g/mol. The number of rotatable bonds is 6. The number of ketones is 1. The second-order valence-corrected chi connectivity index (χ2v) is 6.30. The van der Waals surface area contributed by atoms with Gasteiger partial charge in [0.25, 0.3) is 0 Å². The molecule has 0 unspecified atom stereocenters. The number of carbonyl (C=O) groups excluding carboxylic acids is 1. The van der Waals surface area contributed by atoms with Gasteiger partial charge in [0.05, 0.1) is 25.5 Å². The number of methoxy groups -OCH3 is 2. The molecule has 3 nitrogen and oxygen atoms in total. The maximum absolute atomic E-state index is 12.1. The fourth-order valence-corrected chi connectivity index (χ4v) is 2.74. The average molecular weight is 333 g/mol. The van der Waals surface area contributed by atoms with Crippen LogP contribution < -0.4 is 9.47 Å². The van der Waals surface area contributed by atoms with Crippen LogP contribution in [0.15, 0.2) is 16.6 Å². The first-order valence-electron chi connectivity index (χ1n) is 5.56. The molecule has 0 spiro atoms. The molecule has 18 heavy (non-hydrogen) atoms. The summed E-state index contributed by atoms with van der Waals surface area (Å²) in [5.41, 5.74) is 0.582. The molecule has 0 aromatic heterocycles. The lowest BCUT2D eigenvalue weighted by atomic mass is 10.1. The van der Waals surface area contributed by atoms with Crippen LogP contribution in [0.1, 0.15) is 24.2 Å². The van der Waals surface area contributed by atoms with Crippen LogP contribution in [-0.4, -0.2) is 31.0 Å². The Labute approximate surface area is 120 Å². The van der Waals surface area contributed by atoms with Gasteiger partial charge in [0.2, 0.25) is 0 Å². The van der Waals surface area contributed by atoms with Gasteiger partial charge in [0.15, 0.2) is 5.78 Å². The number of Topliss-reactive ketones (excluding diaryl/α,β-unsaturated/α-hetero) is 1. The molecule has 0 aliphatic heterocycles. The summed E-state index contributed by atoms with van der Waals surface area (Å²) < 4.78 is 11.1. The molecule has 0 aliphatic rings. The summed E-state index contributed by atoms with van der Waals surface area (Å²) in [6.07, 6.45) is 0. The van der Waals surface area contributed by atoms with E-state index in [2.05, 4.69) is 29.8 Å². The molecule has 0 bridgehead atoms. The molecule has 1 aromatic rings. The van der Waals surface area contributed by atoms with Crippen molar-refractivity contribution in [2.24, 2.45) is 0 Å². The highest BCUT2D eigenvalue weighted by Gasteiger charge is 2.18. The van der Waals surface area contributed by atoms with Crippen molar-refractivity contribution in [1.29, 1.82) is 0 Å². The summed E-state index contributed by atoms with van der Waals surface area (Å²) in [5.74, 6) is 1.70. The van der Waals surface area contributed by atoms with Crippen LogP contribution in [0.5, 0.6) is 11.5 Å². The zero-order valence-electron chi connectivity index (χ0n) is 11.0. The van der Waals surface area contributed by atoms with Crippen LogP contribution in [0.25, 0.3) is 0 Å². The fourth-order valence-electron chi connectivity index (χ4n) is 1.43. The van der Waals surface area contributed by atoms with E-state index in [4.69, 9.17) is 9.47 Å². The molecule has 0 aliphatic carbocycles. The highest BCUT2D eigenvalue weighted by Crippen LogP contribution is 2.37. The van der Waals surface area contributed by atoms with E-state index in [0.717, 1.165) is 0 Å². The third-order valence-corrected chi connectivity index (χ3v) is 4.18. The number of thioether (sulfide) groups is 1. The first-order chi connectivity index (χ1) is 8.51. The molecule has 0 radical (unpaired) electrons. The van der Waals surface area contributed by atoms with Crippen molar-refractivity contribution < 1.29 is 14.3 Å². The van der Waals surface area contributed by atoms with Gasteiger partial charge in [0.1, 0.15) is 16.0 Å². The van der Waals surface area contributed by atoms with E-state index in [1.165, 1.54) is 0 Å². The lowest BCUT2D eigenvalue weighted by Crippen LogP contribution is -2.07. The smallest absolute Gasteiger partial charge is 0.176 e. The minimum atomic E-state index is 0.0638. The van der Waals surface area contributed by atoms with Crippen molar-refractivity contribution in [2.45, 2.75) is 19.1 Å². The van der Waals surface area contributed by atoms with Gasteiger partial charge in [-0.15, -0.1) is 0 Å². The predicted octanol–water partition coefficient (Wildman–Crippen LogP) is 3.79. The maximum Gasteiger partial charge on any atom is 0.176 e. The highest BCUT2D eigenvalue weighted by molar-refractivity contribution is 9.10. The molecule has 1 aromatic carbocycles. The van der Waals surface area contributed by atoms with E-state index >= 15 is 0 Å². The Bertz CT molecular complexity index is 432. The van der Waals surface area contributed by atoms with E-state index in [9.17, 15) is 4.79 Å². The van der Waals surface area contributed by atoms with Crippen LogP contribution in [0.2, 0.25) is 0 Å². The molecule has 0 atom stereocenters. The SMILES string of the molecule is COc1ccc(C(=O)CSC(C)C)c(OC)c1Br. The van der Waals surface area contributed by atoms with Gasteiger partial charge >= 0.3 is 0 Å². The molecule has 1 rings (SSSR count). The van der Waals surface area contributed by atoms with Crippen molar-refractivity contribution in [3.8, 4) is 11.5 Å². The van der Waals surface area contributed by atoms with E-state index < -0.39 is 0 Å². The fraction of sp³-hybridized carbons (Fsp3) is 0.462. The topological polar surface area (TPSA) is 35.5 Å². The van der Waals surface area contributed by atoms with Gasteiger partial charge in [-0.3, -0.25) is 4.79 Å². The van der Waals surface area contributed by atoms with Crippen molar-refractivity contribution >= 4 is 33.5 Å². The average Bonchev–Trinajstić information content (AvgIpc) is 2.35. The summed E-state index contributed by atoms with van der Waals surface area (Å²) in [6.45, 7) is 4.14. The second kappa shape index (κ2) is 7.04. The third-order valence-electron chi connectivity index (χ3n) is 2.33. The zero-order valence-corrected chi connectivity index (χ0v) is 13.4. The Kier molecular flexibility index (Phi) is 6.02. The van der Waals surface area contributed by atoms with E-state index in [1.54, 1.807) is 38.1 Å². The number of ether oxygens (including phenoxy) is 2. The van der Waals surface area contributed by atoms with E-state index in [0.29, 0.717) is 32.5 Å². The summed E-state index contributed by atoms with van der Waals surface area (Å²) >= 11 is 5.01. The summed E-state index contributed by atoms with van der Waals surface area (Å²) in [6, 6.07) is 3.51.